The second-order valence-corrected chi connectivity index (χ2v) is 9.13. The molecule has 4 aromatic rings. The minimum atomic E-state index is 0.175. The molecule has 0 radical (unpaired) electrons. The fourth-order valence-electron chi connectivity index (χ4n) is 3.48. The first-order chi connectivity index (χ1) is 15.7. The van der Waals surface area contributed by atoms with E-state index < -0.39 is 0 Å². The lowest BCUT2D eigenvalue weighted by atomic mass is 10.2. The Bertz CT molecular complexity index is 1160. The van der Waals surface area contributed by atoms with Crippen LogP contribution in [0, 0.1) is 0 Å². The van der Waals surface area contributed by atoms with Crippen LogP contribution in [0.3, 0.4) is 0 Å². The van der Waals surface area contributed by atoms with Crippen molar-refractivity contribution >= 4 is 40.7 Å². The lowest BCUT2D eigenvalue weighted by molar-refractivity contribution is 0.0953. The van der Waals surface area contributed by atoms with Crippen molar-refractivity contribution in [2.45, 2.75) is 36.4 Å². The van der Waals surface area contributed by atoms with Crippen molar-refractivity contribution in [3.05, 3.63) is 53.7 Å². The number of para-hydroxylation sites is 1. The molecule has 164 valence electrons. The van der Waals surface area contributed by atoms with Crippen molar-refractivity contribution in [3.8, 4) is 10.7 Å². The average Bonchev–Trinajstić information content (AvgIpc) is 3.56. The van der Waals surface area contributed by atoms with Gasteiger partial charge >= 0.3 is 0 Å². The molecule has 0 spiro atoms. The SMILES string of the molecule is Nc1nc(CSc2nnc(-c3cccs3)n2C[C@H]2CCCO2)nc(Nc2ccccc2)n1. The van der Waals surface area contributed by atoms with Crippen molar-refractivity contribution in [1.29, 1.82) is 0 Å². The molecule has 0 bridgehead atoms. The highest BCUT2D eigenvalue weighted by Gasteiger charge is 2.22. The maximum atomic E-state index is 5.93. The van der Waals surface area contributed by atoms with Gasteiger partial charge in [0.2, 0.25) is 11.9 Å². The number of ether oxygens (including phenoxy) is 1. The minimum absolute atomic E-state index is 0.175. The fraction of sp³-hybridized carbons (Fsp3) is 0.286. The van der Waals surface area contributed by atoms with Crippen LogP contribution in [-0.2, 0) is 17.0 Å². The topological polar surface area (TPSA) is 117 Å². The van der Waals surface area contributed by atoms with E-state index in [1.165, 1.54) is 11.8 Å². The second kappa shape index (κ2) is 9.63. The van der Waals surface area contributed by atoms with E-state index in [4.69, 9.17) is 10.5 Å². The summed E-state index contributed by atoms with van der Waals surface area (Å²) in [4.78, 5) is 14.1. The van der Waals surface area contributed by atoms with Crippen molar-refractivity contribution < 1.29 is 4.74 Å². The van der Waals surface area contributed by atoms with Crippen LogP contribution in [-0.4, -0.2) is 42.4 Å². The molecule has 0 saturated carbocycles. The van der Waals surface area contributed by atoms with E-state index in [2.05, 4.69) is 41.1 Å². The van der Waals surface area contributed by atoms with Gasteiger partial charge in [-0.3, -0.25) is 4.57 Å². The Morgan fingerprint density at radius 1 is 1.12 bits per heavy atom. The second-order valence-electron chi connectivity index (χ2n) is 7.24. The first-order valence-corrected chi connectivity index (χ1v) is 12.1. The summed E-state index contributed by atoms with van der Waals surface area (Å²) >= 11 is 3.18. The standard InChI is InChI=1S/C21H22N8OS2/c22-19-24-17(25-20(26-19)23-14-6-2-1-3-7-14)13-32-21-28-27-18(16-9-5-11-31-16)29(21)12-15-8-4-10-30-15/h1-3,5-7,9,11,15H,4,8,10,12-13H2,(H3,22,23,24,25,26)/t15-/m1/s1. The van der Waals surface area contributed by atoms with Crippen molar-refractivity contribution in [2.24, 2.45) is 0 Å². The predicted molar refractivity (Wildman–Crippen MR) is 126 cm³/mol. The Morgan fingerprint density at radius 2 is 2.03 bits per heavy atom. The van der Waals surface area contributed by atoms with Gasteiger partial charge in [0.15, 0.2) is 11.0 Å². The van der Waals surface area contributed by atoms with Crippen LogP contribution < -0.4 is 11.1 Å². The summed E-state index contributed by atoms with van der Waals surface area (Å²) in [5.41, 5.74) is 6.81. The van der Waals surface area contributed by atoms with Gasteiger partial charge in [-0.1, -0.05) is 36.0 Å². The van der Waals surface area contributed by atoms with Gasteiger partial charge in [-0.25, -0.2) is 0 Å². The third kappa shape index (κ3) is 4.90. The zero-order valence-electron chi connectivity index (χ0n) is 17.2. The highest BCUT2D eigenvalue weighted by atomic mass is 32.2. The van der Waals surface area contributed by atoms with Crippen LogP contribution in [0.4, 0.5) is 17.6 Å². The van der Waals surface area contributed by atoms with Gasteiger partial charge in [-0.15, -0.1) is 21.5 Å². The number of hydrogen-bond acceptors (Lipinski definition) is 10. The van der Waals surface area contributed by atoms with Crippen LogP contribution in [0.1, 0.15) is 18.7 Å². The van der Waals surface area contributed by atoms with Crippen LogP contribution in [0.2, 0.25) is 0 Å². The number of nitrogens with zero attached hydrogens (tertiary/aromatic N) is 6. The number of nitrogens with one attached hydrogen (secondary N) is 1. The molecule has 1 saturated heterocycles. The quantitative estimate of drug-likeness (QED) is 0.372. The Morgan fingerprint density at radius 3 is 2.81 bits per heavy atom. The molecule has 1 aromatic carbocycles. The molecule has 5 rings (SSSR count). The molecule has 4 heterocycles. The molecular formula is C21H22N8OS2. The third-order valence-corrected chi connectivity index (χ3v) is 6.76. The lowest BCUT2D eigenvalue weighted by Crippen LogP contribution is -2.16. The first kappa shape index (κ1) is 20.9. The highest BCUT2D eigenvalue weighted by Crippen LogP contribution is 2.30. The number of thiophene rings is 1. The number of benzene rings is 1. The fourth-order valence-corrected chi connectivity index (χ4v) is 5.00. The van der Waals surface area contributed by atoms with Crippen LogP contribution in [0.25, 0.3) is 10.7 Å². The zero-order valence-corrected chi connectivity index (χ0v) is 18.9. The van der Waals surface area contributed by atoms with Gasteiger partial charge in [-0.05, 0) is 36.4 Å². The Hall–Kier alpha value is -3.02. The van der Waals surface area contributed by atoms with E-state index in [1.807, 2.05) is 41.8 Å². The summed E-state index contributed by atoms with van der Waals surface area (Å²) in [5.74, 6) is 2.52. The summed E-state index contributed by atoms with van der Waals surface area (Å²) in [7, 11) is 0. The maximum Gasteiger partial charge on any atom is 0.232 e. The van der Waals surface area contributed by atoms with Crippen LogP contribution in [0.15, 0.2) is 53.0 Å². The summed E-state index contributed by atoms with van der Waals surface area (Å²) in [5, 5.41) is 14.9. The molecule has 11 heteroatoms. The molecule has 9 nitrogen and oxygen atoms in total. The van der Waals surface area contributed by atoms with Crippen LogP contribution >= 0.6 is 23.1 Å². The molecule has 3 N–H and O–H groups in total. The summed E-state index contributed by atoms with van der Waals surface area (Å²) < 4.78 is 8.00. The molecule has 0 amide bonds. The van der Waals surface area contributed by atoms with Gasteiger partial charge in [-0.2, -0.15) is 15.0 Å². The van der Waals surface area contributed by atoms with Gasteiger partial charge in [0.1, 0.15) is 5.82 Å². The summed E-state index contributed by atoms with van der Waals surface area (Å²) in [6.45, 7) is 1.54. The predicted octanol–water partition coefficient (Wildman–Crippen LogP) is 3.99. The number of nitrogens with two attached hydrogens (primary N) is 1. The lowest BCUT2D eigenvalue weighted by Gasteiger charge is -2.14. The Labute approximate surface area is 193 Å². The molecule has 0 aliphatic carbocycles. The van der Waals surface area contributed by atoms with E-state index in [0.29, 0.717) is 17.5 Å². The maximum absolute atomic E-state index is 5.93. The zero-order chi connectivity index (χ0) is 21.8. The number of aromatic nitrogens is 6. The van der Waals surface area contributed by atoms with Crippen molar-refractivity contribution in [2.75, 3.05) is 17.7 Å². The first-order valence-electron chi connectivity index (χ1n) is 10.3. The molecule has 0 unspecified atom stereocenters. The third-order valence-electron chi connectivity index (χ3n) is 4.93. The van der Waals surface area contributed by atoms with E-state index in [0.717, 1.165) is 47.5 Å². The molecular weight excluding hydrogens is 444 g/mol. The molecule has 1 aliphatic heterocycles. The van der Waals surface area contributed by atoms with Crippen LogP contribution in [0.5, 0.6) is 0 Å². The normalized spacial score (nSPS) is 15.8. The number of thioether (sulfide) groups is 1. The molecule has 1 atom stereocenters. The Balaban J connectivity index is 1.35. The number of anilines is 3. The monoisotopic (exact) mass is 466 g/mol. The van der Waals surface area contributed by atoms with Gasteiger partial charge in [0, 0.05) is 12.3 Å². The Kier molecular flexibility index (Phi) is 6.28. The molecule has 3 aromatic heterocycles. The smallest absolute Gasteiger partial charge is 0.232 e. The van der Waals surface area contributed by atoms with E-state index in [1.54, 1.807) is 11.3 Å². The average molecular weight is 467 g/mol. The van der Waals surface area contributed by atoms with E-state index in [9.17, 15) is 0 Å². The largest absolute Gasteiger partial charge is 0.376 e. The van der Waals surface area contributed by atoms with Gasteiger partial charge in [0.25, 0.3) is 0 Å². The van der Waals surface area contributed by atoms with Crippen molar-refractivity contribution in [3.63, 3.8) is 0 Å². The van der Waals surface area contributed by atoms with Gasteiger partial charge in [0.05, 0.1) is 23.3 Å². The summed E-state index contributed by atoms with van der Waals surface area (Å²) in [6.07, 6.45) is 2.31. The number of nitrogen functional groups attached to an aromatic ring is 1. The number of rotatable bonds is 8. The molecule has 1 fully saturated rings. The minimum Gasteiger partial charge on any atom is -0.376 e. The molecule has 32 heavy (non-hydrogen) atoms. The van der Waals surface area contributed by atoms with Crippen molar-refractivity contribution in [1.82, 2.24) is 29.7 Å². The van der Waals surface area contributed by atoms with Gasteiger partial charge < -0.3 is 15.8 Å². The highest BCUT2D eigenvalue weighted by molar-refractivity contribution is 7.98. The molecule has 1 aliphatic rings. The summed E-state index contributed by atoms with van der Waals surface area (Å²) in [6, 6.07) is 13.8. The number of hydrogen-bond donors (Lipinski definition) is 2. The van der Waals surface area contributed by atoms with E-state index in [-0.39, 0.29) is 12.1 Å². The van der Waals surface area contributed by atoms with E-state index >= 15 is 0 Å².